The fourth-order valence-electron chi connectivity index (χ4n) is 2.12. The molecular formula is C17H19NO2. The van der Waals surface area contributed by atoms with E-state index in [-0.39, 0.29) is 0 Å². The van der Waals surface area contributed by atoms with Crippen LogP contribution in [0.4, 0.5) is 0 Å². The van der Waals surface area contributed by atoms with Gasteiger partial charge in [-0.2, -0.15) is 5.26 Å². The first kappa shape index (κ1) is 14.3. The van der Waals surface area contributed by atoms with E-state index in [4.69, 9.17) is 4.74 Å². The minimum atomic E-state index is -1.11. The number of esters is 1. The largest absolute Gasteiger partial charge is 0.458 e. The number of aryl methyl sites for hydroxylation is 1. The molecule has 1 aliphatic carbocycles. The standard InChI is InChI=1S/C17H19NO2/c1-16(2,3)20-15(19)17(12-18)11-14(17)10-9-13-7-5-4-6-8-13/h4-8,11H,9-10H2,1-3H3/t17-/m1/s1. The molecule has 3 heteroatoms. The molecule has 0 spiro atoms. The number of nitriles is 1. The molecule has 0 fully saturated rings. The van der Waals surface area contributed by atoms with Gasteiger partial charge in [0, 0.05) is 0 Å². The van der Waals surface area contributed by atoms with Crippen LogP contribution in [0.1, 0.15) is 32.8 Å². The van der Waals surface area contributed by atoms with Gasteiger partial charge in [-0.25, -0.2) is 4.79 Å². The van der Waals surface area contributed by atoms with Crippen molar-refractivity contribution in [2.24, 2.45) is 5.41 Å². The number of rotatable bonds is 4. The lowest BCUT2D eigenvalue weighted by atomic mass is 9.98. The zero-order chi connectivity index (χ0) is 14.8. The Balaban J connectivity index is 1.94. The van der Waals surface area contributed by atoms with Crippen LogP contribution in [0.2, 0.25) is 0 Å². The molecule has 1 aliphatic rings. The van der Waals surface area contributed by atoms with Gasteiger partial charge in [-0.15, -0.1) is 0 Å². The van der Waals surface area contributed by atoms with Gasteiger partial charge in [0.15, 0.2) is 5.41 Å². The van der Waals surface area contributed by atoms with Crippen molar-refractivity contribution in [1.29, 1.82) is 5.26 Å². The molecule has 0 aliphatic heterocycles. The quantitative estimate of drug-likeness (QED) is 0.621. The van der Waals surface area contributed by atoms with Crippen molar-refractivity contribution in [3.8, 4) is 6.07 Å². The second kappa shape index (κ2) is 5.13. The molecule has 0 heterocycles. The predicted molar refractivity (Wildman–Crippen MR) is 76.7 cm³/mol. The number of hydrogen-bond acceptors (Lipinski definition) is 3. The average Bonchev–Trinajstić information content (AvgIpc) is 3.11. The summed E-state index contributed by atoms with van der Waals surface area (Å²) >= 11 is 0. The molecule has 0 aromatic heterocycles. The van der Waals surface area contributed by atoms with E-state index in [2.05, 4.69) is 6.07 Å². The molecule has 1 atom stereocenters. The maximum Gasteiger partial charge on any atom is 0.335 e. The van der Waals surface area contributed by atoms with Crippen molar-refractivity contribution in [1.82, 2.24) is 0 Å². The minimum absolute atomic E-state index is 0.449. The number of hydrogen-bond donors (Lipinski definition) is 0. The van der Waals surface area contributed by atoms with Crippen molar-refractivity contribution in [3.05, 3.63) is 47.5 Å². The van der Waals surface area contributed by atoms with Crippen LogP contribution in [0.3, 0.4) is 0 Å². The van der Waals surface area contributed by atoms with Crippen molar-refractivity contribution in [2.45, 2.75) is 39.2 Å². The van der Waals surface area contributed by atoms with Gasteiger partial charge in [0.1, 0.15) is 5.60 Å². The Labute approximate surface area is 119 Å². The lowest BCUT2D eigenvalue weighted by Crippen LogP contribution is -2.30. The summed E-state index contributed by atoms with van der Waals surface area (Å²) in [7, 11) is 0. The first-order valence-electron chi connectivity index (χ1n) is 6.78. The number of benzene rings is 1. The Kier molecular flexibility index (Phi) is 3.67. The molecule has 104 valence electrons. The van der Waals surface area contributed by atoms with E-state index in [0.29, 0.717) is 0 Å². The Morgan fingerprint density at radius 3 is 2.45 bits per heavy atom. The smallest absolute Gasteiger partial charge is 0.335 e. The van der Waals surface area contributed by atoms with Gasteiger partial charge in [-0.05, 0) is 50.8 Å². The topological polar surface area (TPSA) is 50.1 Å². The Bertz CT molecular complexity index is 575. The SMILES string of the molecule is CC(C)(C)OC(=O)[C@@]1(C#N)C=C1CCc1ccccc1. The van der Waals surface area contributed by atoms with Crippen LogP contribution in [0, 0.1) is 16.7 Å². The maximum absolute atomic E-state index is 12.1. The summed E-state index contributed by atoms with van der Waals surface area (Å²) in [6.45, 7) is 5.42. The third-order valence-electron chi connectivity index (χ3n) is 3.24. The van der Waals surface area contributed by atoms with E-state index in [1.165, 1.54) is 5.56 Å². The Morgan fingerprint density at radius 1 is 1.25 bits per heavy atom. The molecule has 0 amide bonds. The number of carbonyl (C=O) groups excluding carboxylic acids is 1. The van der Waals surface area contributed by atoms with Crippen molar-refractivity contribution >= 4 is 5.97 Å². The van der Waals surface area contributed by atoms with Crippen molar-refractivity contribution < 1.29 is 9.53 Å². The number of nitrogens with zero attached hydrogens (tertiary/aromatic N) is 1. The zero-order valence-electron chi connectivity index (χ0n) is 12.1. The van der Waals surface area contributed by atoms with E-state index in [1.54, 1.807) is 6.08 Å². The summed E-state index contributed by atoms with van der Waals surface area (Å²) in [5, 5.41) is 9.29. The van der Waals surface area contributed by atoms with Gasteiger partial charge in [0.25, 0.3) is 0 Å². The molecule has 20 heavy (non-hydrogen) atoms. The molecule has 0 saturated carbocycles. The molecular weight excluding hydrogens is 250 g/mol. The molecule has 0 unspecified atom stereocenters. The maximum atomic E-state index is 12.1. The average molecular weight is 269 g/mol. The van der Waals surface area contributed by atoms with Crippen LogP contribution >= 0.6 is 0 Å². The zero-order valence-corrected chi connectivity index (χ0v) is 12.1. The lowest BCUT2D eigenvalue weighted by molar-refractivity contribution is -0.158. The van der Waals surface area contributed by atoms with E-state index in [1.807, 2.05) is 51.1 Å². The lowest BCUT2D eigenvalue weighted by Gasteiger charge is -2.22. The van der Waals surface area contributed by atoms with Crippen LogP contribution in [-0.4, -0.2) is 11.6 Å². The van der Waals surface area contributed by atoms with E-state index >= 15 is 0 Å². The number of carbonyl (C=O) groups is 1. The molecule has 3 nitrogen and oxygen atoms in total. The fourth-order valence-corrected chi connectivity index (χ4v) is 2.12. The van der Waals surface area contributed by atoms with Gasteiger partial charge in [-0.1, -0.05) is 30.3 Å². The van der Waals surface area contributed by atoms with E-state index < -0.39 is 17.0 Å². The van der Waals surface area contributed by atoms with Crippen LogP contribution < -0.4 is 0 Å². The summed E-state index contributed by atoms with van der Waals surface area (Å²) in [5.74, 6) is -0.449. The molecule has 0 radical (unpaired) electrons. The first-order valence-corrected chi connectivity index (χ1v) is 6.78. The second-order valence-electron chi connectivity index (χ2n) is 6.08. The highest BCUT2D eigenvalue weighted by molar-refractivity contribution is 5.92. The minimum Gasteiger partial charge on any atom is -0.458 e. The van der Waals surface area contributed by atoms with Crippen molar-refractivity contribution in [2.75, 3.05) is 0 Å². The van der Waals surface area contributed by atoms with E-state index in [0.717, 1.165) is 18.4 Å². The summed E-state index contributed by atoms with van der Waals surface area (Å²) in [5.41, 5.74) is 0.402. The van der Waals surface area contributed by atoms with Gasteiger partial charge >= 0.3 is 5.97 Å². The molecule has 0 saturated heterocycles. The monoisotopic (exact) mass is 269 g/mol. The first-order chi connectivity index (χ1) is 9.37. The van der Waals surface area contributed by atoms with Crippen molar-refractivity contribution in [3.63, 3.8) is 0 Å². The Morgan fingerprint density at radius 2 is 1.90 bits per heavy atom. The third-order valence-corrected chi connectivity index (χ3v) is 3.24. The predicted octanol–water partition coefficient (Wildman–Crippen LogP) is 3.41. The summed E-state index contributed by atoms with van der Waals surface area (Å²) in [6.07, 6.45) is 3.28. The van der Waals surface area contributed by atoms with Gasteiger partial charge in [-0.3, -0.25) is 0 Å². The summed E-state index contributed by atoms with van der Waals surface area (Å²) in [6, 6.07) is 12.1. The van der Waals surface area contributed by atoms with Crippen LogP contribution in [-0.2, 0) is 16.0 Å². The van der Waals surface area contributed by atoms with E-state index in [9.17, 15) is 10.1 Å². The highest BCUT2D eigenvalue weighted by Crippen LogP contribution is 2.47. The Hall–Kier alpha value is -2.08. The molecule has 0 bridgehead atoms. The highest BCUT2D eigenvalue weighted by Gasteiger charge is 2.53. The molecule has 0 N–H and O–H groups in total. The third kappa shape index (κ3) is 3.08. The van der Waals surface area contributed by atoms with Crippen LogP contribution in [0.5, 0.6) is 0 Å². The fraction of sp³-hybridized carbons (Fsp3) is 0.412. The van der Waals surface area contributed by atoms with Gasteiger partial charge in [0.05, 0.1) is 6.07 Å². The molecule has 2 rings (SSSR count). The van der Waals surface area contributed by atoms with Gasteiger partial charge < -0.3 is 4.74 Å². The van der Waals surface area contributed by atoms with Gasteiger partial charge in [0.2, 0.25) is 0 Å². The number of ether oxygens (including phenoxy) is 1. The second-order valence-corrected chi connectivity index (χ2v) is 6.08. The summed E-state index contributed by atoms with van der Waals surface area (Å²) < 4.78 is 5.32. The molecule has 1 aromatic rings. The molecule has 1 aromatic carbocycles. The van der Waals surface area contributed by atoms with Crippen LogP contribution in [0.25, 0.3) is 0 Å². The summed E-state index contributed by atoms with van der Waals surface area (Å²) in [4.78, 5) is 12.1. The highest BCUT2D eigenvalue weighted by atomic mass is 16.6. The normalized spacial score (nSPS) is 20.8. The van der Waals surface area contributed by atoms with Crippen LogP contribution in [0.15, 0.2) is 42.0 Å².